The lowest BCUT2D eigenvalue weighted by molar-refractivity contribution is 0.0838. The lowest BCUT2D eigenvalue weighted by Gasteiger charge is -2.27. The minimum atomic E-state index is -0.476. The van der Waals surface area contributed by atoms with Gasteiger partial charge in [-0.05, 0) is 31.0 Å². The molecule has 0 aliphatic heterocycles. The fourth-order valence-corrected chi connectivity index (χ4v) is 2.87. The third-order valence-electron chi connectivity index (χ3n) is 4.21. The first-order valence-electron chi connectivity index (χ1n) is 7.83. The van der Waals surface area contributed by atoms with Gasteiger partial charge in [-0.3, -0.25) is 4.79 Å². The van der Waals surface area contributed by atoms with Crippen LogP contribution < -0.4 is 10.1 Å². The van der Waals surface area contributed by atoms with Crippen molar-refractivity contribution in [2.75, 3.05) is 6.61 Å². The Morgan fingerprint density at radius 2 is 1.91 bits per heavy atom. The van der Waals surface area contributed by atoms with Gasteiger partial charge >= 0.3 is 0 Å². The molecular weight excluding hydrogens is 292 g/mol. The summed E-state index contributed by atoms with van der Waals surface area (Å²) in [5.41, 5.74) is -0.0128. The molecule has 23 heavy (non-hydrogen) atoms. The zero-order valence-electron chi connectivity index (χ0n) is 12.9. The number of carbonyl (C=O) groups excluding carboxylic acids is 1. The number of ether oxygens (including phenoxy) is 1. The van der Waals surface area contributed by atoms with Gasteiger partial charge in [0.05, 0.1) is 17.7 Å². The van der Waals surface area contributed by atoms with Gasteiger partial charge in [-0.2, -0.15) is 0 Å². The van der Waals surface area contributed by atoms with Crippen LogP contribution in [0.25, 0.3) is 0 Å². The Balaban J connectivity index is 1.66. The Kier molecular flexibility index (Phi) is 4.57. The highest BCUT2D eigenvalue weighted by atomic mass is 16.5. The van der Waals surface area contributed by atoms with Crippen molar-refractivity contribution in [2.24, 2.45) is 0 Å². The number of carbonyl (C=O) groups is 1. The van der Waals surface area contributed by atoms with E-state index >= 15 is 0 Å². The molecule has 1 aromatic heterocycles. The molecule has 0 bridgehead atoms. The van der Waals surface area contributed by atoms with Gasteiger partial charge in [-0.15, -0.1) is 0 Å². The van der Waals surface area contributed by atoms with E-state index in [1.54, 1.807) is 12.1 Å². The number of benzene rings is 1. The number of rotatable bonds is 5. The number of aliphatic hydroxyl groups is 1. The average Bonchev–Trinajstić information content (AvgIpc) is 3.05. The van der Waals surface area contributed by atoms with E-state index in [0.717, 1.165) is 25.7 Å². The summed E-state index contributed by atoms with van der Waals surface area (Å²) in [7, 11) is 0. The fraction of sp³-hybridized carbons (Fsp3) is 0.333. The molecule has 1 amide bonds. The summed E-state index contributed by atoms with van der Waals surface area (Å²) < 4.78 is 5.60. The molecule has 1 fully saturated rings. The highest BCUT2D eigenvalue weighted by Gasteiger charge is 2.34. The minimum Gasteiger partial charge on any atom is -0.439 e. The van der Waals surface area contributed by atoms with Crippen LogP contribution in [0.5, 0.6) is 11.6 Å². The van der Waals surface area contributed by atoms with Gasteiger partial charge in [0.15, 0.2) is 0 Å². The van der Waals surface area contributed by atoms with Crippen molar-refractivity contribution >= 4 is 5.91 Å². The summed E-state index contributed by atoms with van der Waals surface area (Å²) in [5, 5.41) is 12.5. The van der Waals surface area contributed by atoms with E-state index in [2.05, 4.69) is 10.3 Å². The van der Waals surface area contributed by atoms with Crippen molar-refractivity contribution in [1.29, 1.82) is 0 Å². The second-order valence-electron chi connectivity index (χ2n) is 5.90. The van der Waals surface area contributed by atoms with Crippen LogP contribution in [-0.2, 0) is 0 Å². The Morgan fingerprint density at radius 3 is 2.52 bits per heavy atom. The molecule has 0 saturated heterocycles. The molecule has 0 atom stereocenters. The lowest BCUT2D eigenvalue weighted by atomic mass is 9.98. The summed E-state index contributed by atoms with van der Waals surface area (Å²) >= 11 is 0. The zero-order valence-corrected chi connectivity index (χ0v) is 12.9. The summed E-state index contributed by atoms with van der Waals surface area (Å²) in [4.78, 5) is 16.5. The van der Waals surface area contributed by atoms with Crippen molar-refractivity contribution < 1.29 is 14.6 Å². The first kappa shape index (κ1) is 15.5. The minimum absolute atomic E-state index is 0.0264. The smallest absolute Gasteiger partial charge is 0.253 e. The van der Waals surface area contributed by atoms with E-state index in [0.29, 0.717) is 17.2 Å². The number of pyridine rings is 1. The van der Waals surface area contributed by atoms with Crippen molar-refractivity contribution in [3.8, 4) is 11.6 Å². The number of nitrogens with one attached hydrogen (secondary N) is 1. The number of aliphatic hydroxyl groups excluding tert-OH is 1. The molecule has 2 N–H and O–H groups in total. The third-order valence-corrected chi connectivity index (χ3v) is 4.21. The van der Waals surface area contributed by atoms with Crippen molar-refractivity contribution in [3.63, 3.8) is 0 Å². The first-order chi connectivity index (χ1) is 11.2. The Bertz CT molecular complexity index is 650. The number of aromatic nitrogens is 1. The van der Waals surface area contributed by atoms with E-state index in [4.69, 9.17) is 4.74 Å². The molecule has 2 aromatic rings. The van der Waals surface area contributed by atoms with Crippen LogP contribution >= 0.6 is 0 Å². The van der Waals surface area contributed by atoms with Crippen LogP contribution in [0.3, 0.4) is 0 Å². The highest BCUT2D eigenvalue weighted by Crippen LogP contribution is 2.29. The number of para-hydroxylation sites is 1. The highest BCUT2D eigenvalue weighted by molar-refractivity contribution is 5.94. The lowest BCUT2D eigenvalue weighted by Crippen LogP contribution is -2.49. The van der Waals surface area contributed by atoms with Gasteiger partial charge in [-0.1, -0.05) is 31.0 Å². The molecule has 1 saturated carbocycles. The maximum Gasteiger partial charge on any atom is 0.253 e. The molecule has 5 nitrogen and oxygen atoms in total. The van der Waals surface area contributed by atoms with Gasteiger partial charge in [0.2, 0.25) is 5.88 Å². The van der Waals surface area contributed by atoms with Crippen LogP contribution in [0.1, 0.15) is 36.0 Å². The van der Waals surface area contributed by atoms with Crippen molar-refractivity contribution in [2.45, 2.75) is 31.2 Å². The third kappa shape index (κ3) is 3.68. The van der Waals surface area contributed by atoms with E-state index in [9.17, 15) is 9.90 Å². The Hall–Kier alpha value is -2.40. The first-order valence-corrected chi connectivity index (χ1v) is 7.83. The predicted octanol–water partition coefficient (Wildman–Crippen LogP) is 2.91. The van der Waals surface area contributed by atoms with Crippen LogP contribution in [0, 0.1) is 0 Å². The van der Waals surface area contributed by atoms with Crippen molar-refractivity contribution in [1.82, 2.24) is 10.3 Å². The quantitative estimate of drug-likeness (QED) is 0.890. The predicted molar refractivity (Wildman–Crippen MR) is 86.5 cm³/mol. The van der Waals surface area contributed by atoms with E-state index in [1.807, 2.05) is 30.3 Å². The zero-order chi connectivity index (χ0) is 16.1. The van der Waals surface area contributed by atoms with Gasteiger partial charge in [0.25, 0.3) is 5.91 Å². The topological polar surface area (TPSA) is 71.5 Å². The largest absolute Gasteiger partial charge is 0.439 e. The molecule has 1 aliphatic rings. The monoisotopic (exact) mass is 312 g/mol. The second-order valence-corrected chi connectivity index (χ2v) is 5.90. The van der Waals surface area contributed by atoms with Crippen molar-refractivity contribution in [3.05, 3.63) is 54.2 Å². The standard InChI is InChI=1S/C18H20N2O3/c21-13-18(10-4-5-11-18)20-17(22)14-8-9-16(19-12-14)23-15-6-2-1-3-7-15/h1-3,6-9,12,21H,4-5,10-11,13H2,(H,20,22). The molecule has 0 radical (unpaired) electrons. The Labute approximate surface area is 135 Å². The molecule has 3 rings (SSSR count). The van der Waals surface area contributed by atoms with E-state index in [-0.39, 0.29) is 12.5 Å². The number of hydrogen-bond acceptors (Lipinski definition) is 4. The molecule has 1 heterocycles. The van der Waals surface area contributed by atoms with Gasteiger partial charge in [0.1, 0.15) is 5.75 Å². The molecule has 1 aromatic carbocycles. The normalized spacial score (nSPS) is 16.0. The summed E-state index contributed by atoms with van der Waals surface area (Å²) in [5.74, 6) is 0.924. The molecule has 5 heteroatoms. The van der Waals surface area contributed by atoms with E-state index in [1.165, 1.54) is 6.20 Å². The van der Waals surface area contributed by atoms with Crippen LogP contribution in [-0.4, -0.2) is 28.1 Å². The summed E-state index contributed by atoms with van der Waals surface area (Å²) in [6, 6.07) is 12.7. The Morgan fingerprint density at radius 1 is 1.17 bits per heavy atom. The van der Waals surface area contributed by atoms with Crippen LogP contribution in [0.4, 0.5) is 0 Å². The molecule has 1 aliphatic carbocycles. The molecule has 0 spiro atoms. The molecular formula is C18H20N2O3. The summed E-state index contributed by atoms with van der Waals surface area (Å²) in [6.07, 6.45) is 5.19. The van der Waals surface area contributed by atoms with Crippen LogP contribution in [0.15, 0.2) is 48.7 Å². The van der Waals surface area contributed by atoms with Gasteiger partial charge in [-0.25, -0.2) is 4.98 Å². The SMILES string of the molecule is O=C(NC1(CO)CCCC1)c1ccc(Oc2ccccc2)nc1. The summed E-state index contributed by atoms with van der Waals surface area (Å²) in [6.45, 7) is -0.0264. The van der Waals surface area contributed by atoms with Gasteiger partial charge < -0.3 is 15.2 Å². The number of amides is 1. The maximum absolute atomic E-state index is 12.3. The maximum atomic E-state index is 12.3. The van der Waals surface area contributed by atoms with Crippen LogP contribution in [0.2, 0.25) is 0 Å². The van der Waals surface area contributed by atoms with E-state index < -0.39 is 5.54 Å². The number of hydrogen-bond donors (Lipinski definition) is 2. The fourth-order valence-electron chi connectivity index (χ4n) is 2.87. The molecule has 0 unspecified atom stereocenters. The van der Waals surface area contributed by atoms with Gasteiger partial charge in [0, 0.05) is 12.3 Å². The second kappa shape index (κ2) is 6.79. The average molecular weight is 312 g/mol. The molecule has 120 valence electrons. The number of nitrogens with zero attached hydrogens (tertiary/aromatic N) is 1.